The number of benzene rings is 2. The average molecular weight is 429 g/mol. The molecule has 0 radical (unpaired) electrons. The summed E-state index contributed by atoms with van der Waals surface area (Å²) in [6.45, 7) is 2.38. The number of amides is 1. The van der Waals surface area contributed by atoms with E-state index in [9.17, 15) is 13.2 Å². The van der Waals surface area contributed by atoms with Crippen molar-refractivity contribution in [3.05, 3.63) is 59.7 Å². The number of nitrogens with zero attached hydrogens (tertiary/aromatic N) is 1. The first kappa shape index (κ1) is 21.0. The molecular formula is C23H28N2O4S. The highest BCUT2D eigenvalue weighted by Gasteiger charge is 2.26. The van der Waals surface area contributed by atoms with Crippen LogP contribution in [0.2, 0.25) is 0 Å². The van der Waals surface area contributed by atoms with E-state index in [1.54, 1.807) is 18.2 Å². The molecule has 4 rings (SSSR count). The molecule has 1 aliphatic carbocycles. The van der Waals surface area contributed by atoms with Crippen LogP contribution in [0.3, 0.4) is 0 Å². The van der Waals surface area contributed by atoms with E-state index < -0.39 is 10.0 Å². The third-order valence-corrected chi connectivity index (χ3v) is 7.45. The minimum atomic E-state index is -3.57. The summed E-state index contributed by atoms with van der Waals surface area (Å²) in [4.78, 5) is 12.9. The number of carbonyl (C=O) groups excluding carboxylic acids is 1. The molecule has 160 valence electrons. The molecule has 0 unspecified atom stereocenters. The van der Waals surface area contributed by atoms with Gasteiger partial charge in [-0.05, 0) is 67.5 Å². The van der Waals surface area contributed by atoms with E-state index in [2.05, 4.69) is 5.32 Å². The van der Waals surface area contributed by atoms with E-state index in [0.717, 1.165) is 31.4 Å². The van der Waals surface area contributed by atoms with Crippen molar-refractivity contribution >= 4 is 21.6 Å². The Kier molecular flexibility index (Phi) is 6.51. The second-order valence-electron chi connectivity index (χ2n) is 8.11. The third kappa shape index (κ3) is 5.28. The van der Waals surface area contributed by atoms with Gasteiger partial charge in [-0.15, -0.1) is 0 Å². The van der Waals surface area contributed by atoms with Crippen molar-refractivity contribution in [2.24, 2.45) is 5.92 Å². The first-order chi connectivity index (χ1) is 14.5. The zero-order valence-corrected chi connectivity index (χ0v) is 17.9. The molecule has 1 saturated carbocycles. The van der Waals surface area contributed by atoms with Crippen LogP contribution in [0.5, 0.6) is 0 Å². The molecular weight excluding hydrogens is 400 g/mol. The number of ether oxygens (including phenoxy) is 1. The van der Waals surface area contributed by atoms with E-state index >= 15 is 0 Å². The minimum Gasteiger partial charge on any atom is -0.376 e. The highest BCUT2D eigenvalue weighted by Crippen LogP contribution is 2.29. The van der Waals surface area contributed by atoms with Crippen LogP contribution in [0.4, 0.5) is 5.69 Å². The summed E-state index contributed by atoms with van der Waals surface area (Å²) >= 11 is 0. The lowest BCUT2D eigenvalue weighted by molar-refractivity contribution is 0.102. The Morgan fingerprint density at radius 2 is 1.80 bits per heavy atom. The predicted molar refractivity (Wildman–Crippen MR) is 116 cm³/mol. The van der Waals surface area contributed by atoms with E-state index in [0.29, 0.717) is 36.9 Å². The summed E-state index contributed by atoms with van der Waals surface area (Å²) < 4.78 is 33.0. The summed E-state index contributed by atoms with van der Waals surface area (Å²) in [6.07, 6.45) is 5.31. The van der Waals surface area contributed by atoms with Crippen LogP contribution in [0.25, 0.3) is 0 Å². The molecule has 2 aliphatic rings. The normalized spacial score (nSPS) is 17.6. The number of rotatable bonds is 8. The fraction of sp³-hybridized carbons (Fsp3) is 0.435. The van der Waals surface area contributed by atoms with Crippen LogP contribution in [-0.4, -0.2) is 38.3 Å². The molecule has 1 amide bonds. The van der Waals surface area contributed by atoms with E-state index in [4.69, 9.17) is 4.74 Å². The maximum atomic E-state index is 12.9. The molecule has 1 aliphatic heterocycles. The van der Waals surface area contributed by atoms with Gasteiger partial charge in [0, 0.05) is 30.9 Å². The van der Waals surface area contributed by atoms with Crippen molar-refractivity contribution in [2.45, 2.75) is 43.6 Å². The van der Waals surface area contributed by atoms with Crippen LogP contribution >= 0.6 is 0 Å². The molecule has 2 aromatic rings. The molecule has 1 N–H and O–H groups in total. The number of anilines is 1. The van der Waals surface area contributed by atoms with Gasteiger partial charge in [0.25, 0.3) is 5.91 Å². The summed E-state index contributed by atoms with van der Waals surface area (Å²) in [7, 11) is -3.57. The number of piperidine rings is 1. The Balaban J connectivity index is 1.43. The van der Waals surface area contributed by atoms with Crippen LogP contribution < -0.4 is 5.32 Å². The van der Waals surface area contributed by atoms with Crippen molar-refractivity contribution in [1.82, 2.24) is 4.31 Å². The van der Waals surface area contributed by atoms with Gasteiger partial charge in [-0.1, -0.05) is 24.6 Å². The van der Waals surface area contributed by atoms with Crippen LogP contribution in [0.15, 0.2) is 53.4 Å². The lowest BCUT2D eigenvalue weighted by atomic mass is 10.2. The molecule has 7 heteroatoms. The van der Waals surface area contributed by atoms with Gasteiger partial charge in [0.15, 0.2) is 0 Å². The first-order valence-electron chi connectivity index (χ1n) is 10.6. The first-order valence-corrected chi connectivity index (χ1v) is 12.0. The van der Waals surface area contributed by atoms with Gasteiger partial charge in [-0.25, -0.2) is 8.42 Å². The van der Waals surface area contributed by atoms with Crippen molar-refractivity contribution in [2.75, 3.05) is 25.0 Å². The quantitative estimate of drug-likeness (QED) is 0.689. The molecule has 0 bridgehead atoms. The summed E-state index contributed by atoms with van der Waals surface area (Å²) in [5.74, 6) is 0.378. The molecule has 0 spiro atoms. The number of carbonyl (C=O) groups is 1. The number of hydrogen-bond donors (Lipinski definition) is 1. The zero-order chi connectivity index (χ0) is 21.0. The van der Waals surface area contributed by atoms with Crippen molar-refractivity contribution in [3.63, 3.8) is 0 Å². The summed E-state index contributed by atoms with van der Waals surface area (Å²) in [6, 6.07) is 13.8. The lowest BCUT2D eigenvalue weighted by Crippen LogP contribution is -2.35. The second kappa shape index (κ2) is 9.29. The SMILES string of the molecule is O=C(Nc1cccc(COCC2CC2)c1)c1cccc(S(=O)(=O)N2CCCCC2)c1. The van der Waals surface area contributed by atoms with Gasteiger partial charge in [-0.2, -0.15) is 4.31 Å². The maximum Gasteiger partial charge on any atom is 0.255 e. The molecule has 2 fully saturated rings. The van der Waals surface area contributed by atoms with Crippen LogP contribution in [0.1, 0.15) is 48.0 Å². The summed E-state index contributed by atoms with van der Waals surface area (Å²) in [5, 5.41) is 2.87. The van der Waals surface area contributed by atoms with Gasteiger partial charge in [-0.3, -0.25) is 4.79 Å². The molecule has 0 aromatic heterocycles. The average Bonchev–Trinajstić information content (AvgIpc) is 3.59. The van der Waals surface area contributed by atoms with Crippen molar-refractivity contribution in [3.8, 4) is 0 Å². The Bertz CT molecular complexity index is 996. The fourth-order valence-electron chi connectivity index (χ4n) is 3.62. The van der Waals surface area contributed by atoms with E-state index in [1.807, 2.05) is 24.3 Å². The van der Waals surface area contributed by atoms with Gasteiger partial charge in [0.1, 0.15) is 0 Å². The molecule has 1 saturated heterocycles. The lowest BCUT2D eigenvalue weighted by Gasteiger charge is -2.26. The van der Waals surface area contributed by atoms with E-state index in [-0.39, 0.29) is 10.8 Å². The molecule has 1 heterocycles. The maximum absolute atomic E-state index is 12.9. The van der Waals surface area contributed by atoms with Gasteiger partial charge in [0.2, 0.25) is 10.0 Å². The molecule has 6 nitrogen and oxygen atoms in total. The Labute approximate surface area is 178 Å². The smallest absolute Gasteiger partial charge is 0.255 e. The molecule has 30 heavy (non-hydrogen) atoms. The second-order valence-corrected chi connectivity index (χ2v) is 10.0. The Hall–Kier alpha value is -2.22. The van der Waals surface area contributed by atoms with Gasteiger partial charge in [0.05, 0.1) is 11.5 Å². The summed E-state index contributed by atoms with van der Waals surface area (Å²) in [5.41, 5.74) is 1.98. The van der Waals surface area contributed by atoms with Crippen molar-refractivity contribution < 1.29 is 17.9 Å². The third-order valence-electron chi connectivity index (χ3n) is 5.55. The Morgan fingerprint density at radius 3 is 2.57 bits per heavy atom. The minimum absolute atomic E-state index is 0.166. The Morgan fingerprint density at radius 1 is 1.03 bits per heavy atom. The standard InChI is InChI=1S/C23H28N2O4S/c26-23(24-21-8-4-6-19(14-21)17-29-16-18-10-11-18)20-7-5-9-22(15-20)30(27,28)25-12-2-1-3-13-25/h4-9,14-15,18H,1-3,10-13,16-17H2,(H,24,26). The molecule has 0 atom stereocenters. The van der Waals surface area contributed by atoms with Gasteiger partial charge >= 0.3 is 0 Å². The zero-order valence-electron chi connectivity index (χ0n) is 17.0. The number of sulfonamides is 1. The number of nitrogens with one attached hydrogen (secondary N) is 1. The predicted octanol–water partition coefficient (Wildman–Crippen LogP) is 4.04. The topological polar surface area (TPSA) is 75.7 Å². The monoisotopic (exact) mass is 428 g/mol. The largest absolute Gasteiger partial charge is 0.376 e. The van der Waals surface area contributed by atoms with Gasteiger partial charge < -0.3 is 10.1 Å². The fourth-order valence-corrected chi connectivity index (χ4v) is 5.19. The van der Waals surface area contributed by atoms with Crippen LogP contribution in [-0.2, 0) is 21.4 Å². The molecule has 2 aromatic carbocycles. The highest BCUT2D eigenvalue weighted by molar-refractivity contribution is 7.89. The number of hydrogen-bond acceptors (Lipinski definition) is 4. The van der Waals surface area contributed by atoms with Crippen molar-refractivity contribution in [1.29, 1.82) is 0 Å². The van der Waals surface area contributed by atoms with Crippen LogP contribution in [0, 0.1) is 5.92 Å². The van der Waals surface area contributed by atoms with E-state index in [1.165, 1.54) is 23.2 Å². The highest BCUT2D eigenvalue weighted by atomic mass is 32.2.